The summed E-state index contributed by atoms with van der Waals surface area (Å²) in [6.07, 6.45) is 1.94. The standard InChI is InChI=1S/C19H19ClN4O2S/c1-24(11-18(25)22-15-5-3-4-6-17(15)27-2)12-19(26)23-16-9-14(20)8-7-13(16)10-21/h3-9H,11-12H2,1-2H3,(H,22,25)(H,23,26)/p+1. The maximum atomic E-state index is 12.2. The summed E-state index contributed by atoms with van der Waals surface area (Å²) in [5, 5.41) is 15.1. The van der Waals surface area contributed by atoms with E-state index in [9.17, 15) is 9.59 Å². The summed E-state index contributed by atoms with van der Waals surface area (Å²) in [7, 11) is 1.75. The number of likely N-dealkylation sites (N-methyl/N-ethyl adjacent to an activating group) is 1. The third-order valence-corrected chi connectivity index (χ3v) is 4.71. The summed E-state index contributed by atoms with van der Waals surface area (Å²) >= 11 is 7.46. The molecule has 0 radical (unpaired) electrons. The van der Waals surface area contributed by atoms with Gasteiger partial charge < -0.3 is 15.5 Å². The van der Waals surface area contributed by atoms with Crippen molar-refractivity contribution in [3.8, 4) is 6.07 Å². The second-order valence-corrected chi connectivity index (χ2v) is 7.19. The number of thioether (sulfide) groups is 1. The average Bonchev–Trinajstić information content (AvgIpc) is 2.62. The molecule has 0 aliphatic carbocycles. The molecule has 0 fully saturated rings. The summed E-state index contributed by atoms with van der Waals surface area (Å²) in [6.45, 7) is 0.214. The Morgan fingerprint density at radius 1 is 1.11 bits per heavy atom. The summed E-state index contributed by atoms with van der Waals surface area (Å²) in [5.74, 6) is -0.481. The van der Waals surface area contributed by atoms with Crippen molar-refractivity contribution >= 4 is 46.6 Å². The molecule has 0 saturated carbocycles. The molecule has 1 unspecified atom stereocenters. The highest BCUT2D eigenvalue weighted by Gasteiger charge is 2.16. The molecule has 6 nitrogen and oxygen atoms in total. The van der Waals surface area contributed by atoms with Crippen LogP contribution < -0.4 is 15.5 Å². The predicted octanol–water partition coefficient (Wildman–Crippen LogP) is 2.03. The van der Waals surface area contributed by atoms with Gasteiger partial charge in [-0.2, -0.15) is 5.26 Å². The van der Waals surface area contributed by atoms with Gasteiger partial charge in [-0.3, -0.25) is 9.59 Å². The maximum absolute atomic E-state index is 12.2. The van der Waals surface area contributed by atoms with Crippen LogP contribution >= 0.6 is 23.4 Å². The molecule has 0 bridgehead atoms. The molecule has 2 aromatic carbocycles. The molecular formula is C19H20ClN4O2S+. The quantitative estimate of drug-likeness (QED) is 0.617. The molecule has 2 rings (SSSR count). The van der Waals surface area contributed by atoms with E-state index in [2.05, 4.69) is 10.6 Å². The number of nitrogens with one attached hydrogen (secondary N) is 3. The molecule has 140 valence electrons. The molecule has 0 spiro atoms. The van der Waals surface area contributed by atoms with Gasteiger partial charge in [0.25, 0.3) is 11.8 Å². The largest absolute Gasteiger partial charge is 0.322 e. The minimum atomic E-state index is -0.302. The Hall–Kier alpha value is -2.53. The van der Waals surface area contributed by atoms with E-state index in [0.717, 1.165) is 10.6 Å². The van der Waals surface area contributed by atoms with Crippen molar-refractivity contribution in [2.45, 2.75) is 4.90 Å². The molecule has 0 heterocycles. The van der Waals surface area contributed by atoms with Gasteiger partial charge >= 0.3 is 0 Å². The normalized spacial score (nSPS) is 11.3. The highest BCUT2D eigenvalue weighted by atomic mass is 35.5. The molecule has 0 aromatic heterocycles. The van der Waals surface area contributed by atoms with E-state index >= 15 is 0 Å². The van der Waals surface area contributed by atoms with Crippen LogP contribution in [0.3, 0.4) is 0 Å². The summed E-state index contributed by atoms with van der Waals surface area (Å²) in [4.78, 5) is 26.2. The first-order valence-corrected chi connectivity index (χ1v) is 9.77. The second-order valence-electron chi connectivity index (χ2n) is 5.91. The topological polar surface area (TPSA) is 86.4 Å². The van der Waals surface area contributed by atoms with Crippen molar-refractivity contribution < 1.29 is 14.5 Å². The molecule has 2 aromatic rings. The minimum absolute atomic E-state index is 0.0783. The first-order chi connectivity index (χ1) is 12.9. The Labute approximate surface area is 167 Å². The van der Waals surface area contributed by atoms with Crippen molar-refractivity contribution in [3.63, 3.8) is 0 Å². The molecule has 27 heavy (non-hydrogen) atoms. The second kappa shape index (κ2) is 9.97. The fraction of sp³-hybridized carbons (Fsp3) is 0.211. The number of para-hydroxylation sites is 1. The lowest BCUT2D eigenvalue weighted by Gasteiger charge is -2.15. The van der Waals surface area contributed by atoms with E-state index in [1.54, 1.807) is 30.9 Å². The van der Waals surface area contributed by atoms with Crippen molar-refractivity contribution in [1.29, 1.82) is 5.26 Å². The van der Waals surface area contributed by atoms with Crippen LogP contribution in [-0.4, -0.2) is 38.2 Å². The molecule has 3 N–H and O–H groups in total. The number of quaternary nitrogens is 1. The number of rotatable bonds is 7. The number of halogens is 1. The fourth-order valence-electron chi connectivity index (χ4n) is 2.46. The number of benzene rings is 2. The van der Waals surface area contributed by atoms with Gasteiger partial charge in [0.05, 0.1) is 24.0 Å². The lowest BCUT2D eigenvalue weighted by molar-refractivity contribution is -0.862. The Morgan fingerprint density at radius 2 is 1.74 bits per heavy atom. The van der Waals surface area contributed by atoms with Crippen LogP contribution in [0.5, 0.6) is 0 Å². The third kappa shape index (κ3) is 6.29. The van der Waals surface area contributed by atoms with Crippen molar-refractivity contribution in [1.82, 2.24) is 0 Å². The van der Waals surface area contributed by atoms with Crippen LogP contribution in [0, 0.1) is 11.3 Å². The maximum Gasteiger partial charge on any atom is 0.279 e. The molecule has 1 atom stereocenters. The van der Waals surface area contributed by atoms with Crippen LogP contribution in [0.4, 0.5) is 11.4 Å². The SMILES string of the molecule is CSc1ccccc1NC(=O)C[NH+](C)CC(=O)Nc1cc(Cl)ccc1C#N. The van der Waals surface area contributed by atoms with E-state index in [1.807, 2.05) is 36.6 Å². The zero-order valence-electron chi connectivity index (χ0n) is 15.0. The lowest BCUT2D eigenvalue weighted by atomic mass is 10.2. The van der Waals surface area contributed by atoms with E-state index in [-0.39, 0.29) is 24.9 Å². The van der Waals surface area contributed by atoms with E-state index in [0.29, 0.717) is 21.2 Å². The zero-order valence-corrected chi connectivity index (χ0v) is 16.6. The number of carbonyl (C=O) groups is 2. The Kier molecular flexibility index (Phi) is 7.67. The van der Waals surface area contributed by atoms with E-state index in [4.69, 9.17) is 16.9 Å². The molecular weight excluding hydrogens is 384 g/mol. The van der Waals surface area contributed by atoms with E-state index < -0.39 is 0 Å². The molecule has 0 saturated heterocycles. The van der Waals surface area contributed by atoms with Gasteiger partial charge in [0, 0.05) is 9.92 Å². The highest BCUT2D eigenvalue weighted by molar-refractivity contribution is 7.98. The van der Waals surface area contributed by atoms with Gasteiger partial charge in [-0.25, -0.2) is 0 Å². The monoisotopic (exact) mass is 403 g/mol. The van der Waals surface area contributed by atoms with Crippen molar-refractivity contribution in [2.24, 2.45) is 0 Å². The van der Waals surface area contributed by atoms with Gasteiger partial charge in [0.1, 0.15) is 6.07 Å². The molecule has 0 aliphatic heterocycles. The Balaban J connectivity index is 1.90. The number of anilines is 2. The third-order valence-electron chi connectivity index (χ3n) is 3.68. The number of amides is 2. The number of hydrogen-bond donors (Lipinski definition) is 3. The van der Waals surface area contributed by atoms with Gasteiger partial charge in [0.2, 0.25) is 0 Å². The number of hydrogen-bond acceptors (Lipinski definition) is 4. The number of carbonyl (C=O) groups excluding carboxylic acids is 2. The molecule has 8 heteroatoms. The van der Waals surface area contributed by atoms with Crippen LogP contribution in [0.2, 0.25) is 5.02 Å². The Bertz CT molecular complexity index is 882. The zero-order chi connectivity index (χ0) is 19.8. The van der Waals surface area contributed by atoms with Crippen LogP contribution in [0.1, 0.15) is 5.56 Å². The first kappa shape index (κ1) is 20.8. The number of nitrogens with zero attached hydrogens (tertiary/aromatic N) is 1. The summed E-state index contributed by atoms with van der Waals surface area (Å²) in [5.41, 5.74) is 1.45. The van der Waals surface area contributed by atoms with Crippen molar-refractivity contribution in [2.75, 3.05) is 37.0 Å². The molecule has 0 aliphatic rings. The van der Waals surface area contributed by atoms with E-state index in [1.165, 1.54) is 6.07 Å². The van der Waals surface area contributed by atoms with Gasteiger partial charge in [0.15, 0.2) is 13.1 Å². The predicted molar refractivity (Wildman–Crippen MR) is 108 cm³/mol. The molecule has 2 amide bonds. The van der Waals surface area contributed by atoms with Crippen LogP contribution in [-0.2, 0) is 9.59 Å². The summed E-state index contributed by atoms with van der Waals surface area (Å²) in [6, 6.07) is 14.2. The van der Waals surface area contributed by atoms with Gasteiger partial charge in [-0.15, -0.1) is 11.8 Å². The minimum Gasteiger partial charge on any atom is -0.322 e. The van der Waals surface area contributed by atoms with Crippen molar-refractivity contribution in [3.05, 3.63) is 53.1 Å². The summed E-state index contributed by atoms with van der Waals surface area (Å²) < 4.78 is 0. The first-order valence-electron chi connectivity index (χ1n) is 8.16. The lowest BCUT2D eigenvalue weighted by Crippen LogP contribution is -3.11. The fourth-order valence-corrected chi connectivity index (χ4v) is 3.19. The van der Waals surface area contributed by atoms with Gasteiger partial charge in [-0.1, -0.05) is 23.7 Å². The van der Waals surface area contributed by atoms with Crippen LogP contribution in [0.15, 0.2) is 47.4 Å². The highest BCUT2D eigenvalue weighted by Crippen LogP contribution is 2.24. The van der Waals surface area contributed by atoms with Gasteiger partial charge in [-0.05, 0) is 36.6 Å². The van der Waals surface area contributed by atoms with Crippen LogP contribution in [0.25, 0.3) is 0 Å². The average molecular weight is 404 g/mol. The smallest absolute Gasteiger partial charge is 0.279 e. The number of nitriles is 1. The Morgan fingerprint density at radius 3 is 2.37 bits per heavy atom.